The van der Waals surface area contributed by atoms with Crippen molar-refractivity contribution < 1.29 is 14.3 Å². The van der Waals surface area contributed by atoms with Crippen molar-refractivity contribution in [2.24, 2.45) is 0 Å². The van der Waals surface area contributed by atoms with Crippen molar-refractivity contribution in [3.8, 4) is 22.6 Å². The number of ether oxygens (including phenoxy) is 2. The normalized spacial score (nSPS) is 16.9. The maximum absolute atomic E-state index is 13.8. The van der Waals surface area contributed by atoms with E-state index < -0.39 is 0 Å². The second kappa shape index (κ2) is 15.7. The fourth-order valence-corrected chi connectivity index (χ4v) is 7.32. The number of piperidine rings is 1. The summed E-state index contributed by atoms with van der Waals surface area (Å²) in [5.41, 5.74) is 7.32. The molecule has 4 aromatic rings. The lowest BCUT2D eigenvalue weighted by Crippen LogP contribution is -2.52. The molecule has 3 aliphatic rings. The molecule has 0 spiro atoms. The number of amides is 2. The van der Waals surface area contributed by atoms with Crippen molar-refractivity contribution in [3.63, 3.8) is 0 Å². The molecule has 7 rings (SSSR count). The highest BCUT2D eigenvalue weighted by molar-refractivity contribution is 5.75. The summed E-state index contributed by atoms with van der Waals surface area (Å²) in [7, 11) is 0. The molecule has 2 aliphatic heterocycles. The Balaban J connectivity index is 0.950. The Labute approximate surface area is 285 Å². The minimum Gasteiger partial charge on any atom is -0.454 e. The van der Waals surface area contributed by atoms with Crippen LogP contribution in [-0.2, 0) is 26.2 Å². The van der Waals surface area contributed by atoms with E-state index in [2.05, 4.69) is 105 Å². The SMILES string of the molecule is O=C(NC1CCCCC1)N(Cc1ccc(-c2ccc(CNCc3ccc4c(c3)OCO4)cc2)cc1)C1CCN(Cc2ccccc2)CC1. The summed E-state index contributed by atoms with van der Waals surface area (Å²) in [6.45, 7) is 5.48. The van der Waals surface area contributed by atoms with Gasteiger partial charge in [-0.05, 0) is 71.2 Å². The third-order valence-electron chi connectivity index (χ3n) is 10.1. The van der Waals surface area contributed by atoms with E-state index in [0.717, 1.165) is 69.9 Å². The smallest absolute Gasteiger partial charge is 0.318 e. The Hall–Kier alpha value is -4.33. The number of fused-ring (bicyclic) bond motifs is 1. The molecule has 0 bridgehead atoms. The molecular weight excluding hydrogens is 596 g/mol. The number of hydrogen-bond donors (Lipinski definition) is 2. The Morgan fingerprint density at radius 2 is 1.33 bits per heavy atom. The predicted molar refractivity (Wildman–Crippen MR) is 191 cm³/mol. The molecule has 2 fully saturated rings. The van der Waals surface area contributed by atoms with Gasteiger partial charge in [0.2, 0.25) is 6.79 Å². The number of nitrogens with one attached hydrogen (secondary N) is 2. The summed E-state index contributed by atoms with van der Waals surface area (Å²) >= 11 is 0. The van der Waals surface area contributed by atoms with Crippen LogP contribution in [0.15, 0.2) is 97.1 Å². The Morgan fingerprint density at radius 1 is 0.688 bits per heavy atom. The summed E-state index contributed by atoms with van der Waals surface area (Å²) in [4.78, 5) is 18.5. The highest BCUT2D eigenvalue weighted by Gasteiger charge is 2.29. The highest BCUT2D eigenvalue weighted by atomic mass is 16.7. The average Bonchev–Trinajstić information content (AvgIpc) is 3.61. The number of carbonyl (C=O) groups is 1. The summed E-state index contributed by atoms with van der Waals surface area (Å²) < 4.78 is 10.9. The van der Waals surface area contributed by atoms with Gasteiger partial charge in [0, 0.05) is 51.4 Å². The summed E-state index contributed by atoms with van der Waals surface area (Å²) in [5, 5.41) is 6.95. The molecule has 0 unspecified atom stereocenters. The summed E-state index contributed by atoms with van der Waals surface area (Å²) in [6.07, 6.45) is 7.90. The monoisotopic (exact) mass is 644 g/mol. The quantitative estimate of drug-likeness (QED) is 0.174. The van der Waals surface area contributed by atoms with Gasteiger partial charge in [0.05, 0.1) is 0 Å². The topological polar surface area (TPSA) is 66.1 Å². The molecule has 1 saturated carbocycles. The van der Waals surface area contributed by atoms with Gasteiger partial charge >= 0.3 is 6.03 Å². The second-order valence-electron chi connectivity index (χ2n) is 13.6. The molecule has 1 aliphatic carbocycles. The third-order valence-corrected chi connectivity index (χ3v) is 10.1. The predicted octanol–water partition coefficient (Wildman–Crippen LogP) is 7.88. The molecule has 48 heavy (non-hydrogen) atoms. The molecule has 4 aromatic carbocycles. The highest BCUT2D eigenvalue weighted by Crippen LogP contribution is 2.32. The van der Waals surface area contributed by atoms with Gasteiger partial charge in [0.25, 0.3) is 0 Å². The van der Waals surface area contributed by atoms with Crippen molar-refractivity contribution in [3.05, 3.63) is 119 Å². The molecular formula is C41H48N4O3. The zero-order valence-electron chi connectivity index (χ0n) is 27.9. The van der Waals surface area contributed by atoms with E-state index in [4.69, 9.17) is 9.47 Å². The largest absolute Gasteiger partial charge is 0.454 e. The van der Waals surface area contributed by atoms with Gasteiger partial charge in [0.1, 0.15) is 0 Å². The zero-order chi connectivity index (χ0) is 32.5. The molecule has 7 nitrogen and oxygen atoms in total. The fraction of sp³-hybridized carbons (Fsp3) is 0.390. The molecule has 250 valence electrons. The first-order valence-corrected chi connectivity index (χ1v) is 17.8. The molecule has 2 heterocycles. The lowest BCUT2D eigenvalue weighted by atomic mass is 9.95. The van der Waals surface area contributed by atoms with Gasteiger partial charge in [0.15, 0.2) is 11.5 Å². The lowest BCUT2D eigenvalue weighted by Gasteiger charge is -2.39. The van der Waals surface area contributed by atoms with E-state index in [1.54, 1.807) is 0 Å². The molecule has 1 saturated heterocycles. The number of urea groups is 1. The zero-order valence-corrected chi connectivity index (χ0v) is 27.9. The van der Waals surface area contributed by atoms with Crippen LogP contribution in [0.4, 0.5) is 4.79 Å². The molecule has 2 amide bonds. The number of likely N-dealkylation sites (tertiary alicyclic amines) is 1. The third kappa shape index (κ3) is 8.38. The van der Waals surface area contributed by atoms with E-state index in [9.17, 15) is 4.79 Å². The van der Waals surface area contributed by atoms with Gasteiger partial charge in [-0.25, -0.2) is 4.79 Å². The van der Waals surface area contributed by atoms with Gasteiger partial charge in [-0.2, -0.15) is 0 Å². The first-order valence-electron chi connectivity index (χ1n) is 17.8. The Morgan fingerprint density at radius 3 is 2.06 bits per heavy atom. The average molecular weight is 645 g/mol. The van der Waals surface area contributed by atoms with Crippen LogP contribution in [0.1, 0.15) is 67.2 Å². The van der Waals surface area contributed by atoms with Gasteiger partial charge < -0.3 is 25.0 Å². The van der Waals surface area contributed by atoms with Crippen LogP contribution >= 0.6 is 0 Å². The van der Waals surface area contributed by atoms with Crippen molar-refractivity contribution >= 4 is 6.03 Å². The van der Waals surface area contributed by atoms with Crippen molar-refractivity contribution in [2.75, 3.05) is 19.9 Å². The first-order chi connectivity index (χ1) is 23.7. The molecule has 7 heteroatoms. The van der Waals surface area contributed by atoms with E-state index >= 15 is 0 Å². The maximum Gasteiger partial charge on any atom is 0.318 e. The van der Waals surface area contributed by atoms with Crippen LogP contribution in [0.3, 0.4) is 0 Å². The number of hydrogen-bond acceptors (Lipinski definition) is 5. The van der Waals surface area contributed by atoms with Gasteiger partial charge in [-0.3, -0.25) is 4.90 Å². The van der Waals surface area contributed by atoms with E-state index in [1.165, 1.54) is 52.6 Å². The van der Waals surface area contributed by atoms with Crippen LogP contribution < -0.4 is 20.1 Å². The Bertz CT molecular complexity index is 1610. The summed E-state index contributed by atoms with van der Waals surface area (Å²) in [6, 6.07) is 35.0. The second-order valence-corrected chi connectivity index (χ2v) is 13.6. The molecule has 0 aromatic heterocycles. The number of benzene rings is 4. The molecule has 0 radical (unpaired) electrons. The fourth-order valence-electron chi connectivity index (χ4n) is 7.32. The van der Waals surface area contributed by atoms with Crippen LogP contribution in [0, 0.1) is 0 Å². The minimum absolute atomic E-state index is 0.107. The summed E-state index contributed by atoms with van der Waals surface area (Å²) in [5.74, 6) is 1.63. The maximum atomic E-state index is 13.8. The van der Waals surface area contributed by atoms with Gasteiger partial charge in [-0.1, -0.05) is 104 Å². The van der Waals surface area contributed by atoms with Crippen LogP contribution in [0.2, 0.25) is 0 Å². The lowest BCUT2D eigenvalue weighted by molar-refractivity contribution is 0.110. The number of carbonyl (C=O) groups excluding carboxylic acids is 1. The van der Waals surface area contributed by atoms with E-state index in [0.29, 0.717) is 19.4 Å². The molecule has 2 N–H and O–H groups in total. The number of rotatable bonds is 11. The standard InChI is InChI=1S/C41H48N4O3/c46-41(43-37-9-5-2-6-10-37)45(38-21-23-44(24-22-38)28-32-7-3-1-4-8-32)29-33-13-18-36(19-14-33)35-16-11-31(12-17-35)26-42-27-34-15-20-39-40(25-34)48-30-47-39/h1,3-4,7-8,11-20,25,37-38,42H,2,5-6,9-10,21-24,26-30H2,(H,43,46). The van der Waals surface area contributed by atoms with Crippen LogP contribution in [-0.4, -0.2) is 47.8 Å². The number of nitrogens with zero attached hydrogens (tertiary/aromatic N) is 2. The minimum atomic E-state index is 0.107. The van der Waals surface area contributed by atoms with Crippen molar-refractivity contribution in [1.29, 1.82) is 0 Å². The van der Waals surface area contributed by atoms with Crippen molar-refractivity contribution in [1.82, 2.24) is 20.4 Å². The van der Waals surface area contributed by atoms with E-state index in [-0.39, 0.29) is 12.1 Å². The Kier molecular flexibility index (Phi) is 10.5. The van der Waals surface area contributed by atoms with Crippen LogP contribution in [0.25, 0.3) is 11.1 Å². The molecule has 0 atom stereocenters. The van der Waals surface area contributed by atoms with E-state index in [1.807, 2.05) is 12.1 Å². The van der Waals surface area contributed by atoms with Crippen molar-refractivity contribution in [2.45, 2.75) is 83.2 Å². The van der Waals surface area contributed by atoms with Crippen LogP contribution in [0.5, 0.6) is 11.5 Å². The van der Waals surface area contributed by atoms with Gasteiger partial charge in [-0.15, -0.1) is 0 Å². The first kappa shape index (κ1) is 32.2.